The fraction of sp³-hybridized carbons (Fsp3) is 0.167. The maximum atomic E-state index is 5.75. The molecular formula is C12H13N3O. The zero-order valence-electron chi connectivity index (χ0n) is 9.05. The Bertz CT molecular complexity index is 471. The van der Waals surface area contributed by atoms with E-state index in [4.69, 9.17) is 10.5 Å². The smallest absolute Gasteiger partial charge is 0.227 e. The maximum Gasteiger partial charge on any atom is 0.227 e. The first-order valence-electron chi connectivity index (χ1n) is 5.13. The lowest BCUT2D eigenvalue weighted by atomic mass is 10.2. The molecule has 0 unspecified atom stereocenters. The summed E-state index contributed by atoms with van der Waals surface area (Å²) in [6, 6.07) is 9.49. The molecule has 0 aliphatic heterocycles. The summed E-state index contributed by atoms with van der Waals surface area (Å²) in [7, 11) is 0. The minimum atomic E-state index is 0.475. The summed E-state index contributed by atoms with van der Waals surface area (Å²) in [5.74, 6) is 1.75. The van der Waals surface area contributed by atoms with Gasteiger partial charge in [-0.2, -0.15) is 0 Å². The molecule has 0 aliphatic carbocycles. The van der Waals surface area contributed by atoms with Crippen LogP contribution in [0.4, 0.5) is 5.82 Å². The van der Waals surface area contributed by atoms with Crippen molar-refractivity contribution in [3.05, 3.63) is 42.2 Å². The number of ether oxygens (including phenoxy) is 1. The molecule has 4 heteroatoms. The highest BCUT2D eigenvalue weighted by Crippen LogP contribution is 2.25. The van der Waals surface area contributed by atoms with Crippen LogP contribution >= 0.6 is 0 Å². The minimum Gasteiger partial charge on any atom is -0.439 e. The lowest BCUT2D eigenvalue weighted by molar-refractivity contribution is 0.456. The molecule has 0 spiro atoms. The number of anilines is 1. The molecule has 0 saturated carbocycles. The quantitative estimate of drug-likeness (QED) is 0.854. The van der Waals surface area contributed by atoms with E-state index >= 15 is 0 Å². The first-order chi connectivity index (χ1) is 7.81. The molecule has 0 atom stereocenters. The Morgan fingerprint density at radius 3 is 2.62 bits per heavy atom. The van der Waals surface area contributed by atoms with Crippen LogP contribution in [-0.2, 0) is 6.42 Å². The maximum absolute atomic E-state index is 5.75. The lowest BCUT2D eigenvalue weighted by Gasteiger charge is -2.09. The second-order valence-corrected chi connectivity index (χ2v) is 3.31. The number of para-hydroxylation sites is 1. The normalized spacial score (nSPS) is 10.1. The number of aromatic nitrogens is 2. The largest absolute Gasteiger partial charge is 0.439 e. The van der Waals surface area contributed by atoms with Crippen LogP contribution in [0.1, 0.15) is 12.5 Å². The Hall–Kier alpha value is -2.10. The summed E-state index contributed by atoms with van der Waals surface area (Å²) >= 11 is 0. The molecule has 82 valence electrons. The second-order valence-electron chi connectivity index (χ2n) is 3.31. The zero-order chi connectivity index (χ0) is 11.4. The molecule has 1 aromatic heterocycles. The van der Waals surface area contributed by atoms with Crippen molar-refractivity contribution in [2.75, 3.05) is 5.73 Å². The van der Waals surface area contributed by atoms with Crippen LogP contribution in [0.5, 0.6) is 11.6 Å². The molecule has 2 aromatic rings. The van der Waals surface area contributed by atoms with Gasteiger partial charge < -0.3 is 10.5 Å². The molecule has 0 bridgehead atoms. The van der Waals surface area contributed by atoms with Crippen molar-refractivity contribution >= 4 is 5.82 Å². The molecule has 0 fully saturated rings. The van der Waals surface area contributed by atoms with Gasteiger partial charge in [0.15, 0.2) is 0 Å². The van der Waals surface area contributed by atoms with Gasteiger partial charge in [-0.1, -0.05) is 25.1 Å². The van der Waals surface area contributed by atoms with E-state index in [9.17, 15) is 0 Å². The summed E-state index contributed by atoms with van der Waals surface area (Å²) < 4.78 is 5.65. The van der Waals surface area contributed by atoms with Crippen molar-refractivity contribution in [1.82, 2.24) is 9.97 Å². The SMILES string of the molecule is CCc1c(N)ncnc1Oc1ccccc1. The molecule has 1 heterocycles. The van der Waals surface area contributed by atoms with Gasteiger partial charge >= 0.3 is 0 Å². The molecule has 0 aliphatic rings. The molecule has 0 radical (unpaired) electrons. The minimum absolute atomic E-state index is 0.475. The zero-order valence-corrected chi connectivity index (χ0v) is 9.05. The number of hydrogen-bond donors (Lipinski definition) is 1. The van der Waals surface area contributed by atoms with E-state index in [2.05, 4.69) is 9.97 Å². The van der Waals surface area contributed by atoms with Crippen LogP contribution in [-0.4, -0.2) is 9.97 Å². The van der Waals surface area contributed by atoms with Crippen LogP contribution in [0.25, 0.3) is 0 Å². The molecule has 1 aromatic carbocycles. The van der Waals surface area contributed by atoms with Crippen LogP contribution in [0.15, 0.2) is 36.7 Å². The Morgan fingerprint density at radius 2 is 1.94 bits per heavy atom. The fourth-order valence-electron chi connectivity index (χ4n) is 1.43. The van der Waals surface area contributed by atoms with Crippen molar-refractivity contribution in [2.24, 2.45) is 0 Å². The van der Waals surface area contributed by atoms with Gasteiger partial charge in [-0.3, -0.25) is 0 Å². The monoisotopic (exact) mass is 215 g/mol. The average Bonchev–Trinajstić information content (AvgIpc) is 2.31. The number of nitrogen functional groups attached to an aromatic ring is 1. The second kappa shape index (κ2) is 4.61. The molecule has 2 N–H and O–H groups in total. The van der Waals surface area contributed by atoms with Gasteiger partial charge in [0.05, 0.1) is 5.56 Å². The molecule has 16 heavy (non-hydrogen) atoms. The van der Waals surface area contributed by atoms with E-state index in [1.54, 1.807) is 0 Å². The van der Waals surface area contributed by atoms with Gasteiger partial charge in [0, 0.05) is 0 Å². The van der Waals surface area contributed by atoms with Gasteiger partial charge in [0.25, 0.3) is 0 Å². The van der Waals surface area contributed by atoms with Crippen LogP contribution in [0.3, 0.4) is 0 Å². The van der Waals surface area contributed by atoms with E-state index < -0.39 is 0 Å². The molecule has 0 saturated heterocycles. The molecular weight excluding hydrogens is 202 g/mol. The van der Waals surface area contributed by atoms with Crippen molar-refractivity contribution < 1.29 is 4.74 Å². The van der Waals surface area contributed by atoms with Crippen LogP contribution in [0, 0.1) is 0 Å². The third-order valence-electron chi connectivity index (χ3n) is 2.25. The van der Waals surface area contributed by atoms with Crippen molar-refractivity contribution in [3.63, 3.8) is 0 Å². The van der Waals surface area contributed by atoms with Gasteiger partial charge in [-0.25, -0.2) is 9.97 Å². The number of rotatable bonds is 3. The fourth-order valence-corrected chi connectivity index (χ4v) is 1.43. The third kappa shape index (κ3) is 2.11. The van der Waals surface area contributed by atoms with Crippen molar-refractivity contribution in [3.8, 4) is 11.6 Å². The van der Waals surface area contributed by atoms with Gasteiger partial charge in [-0.15, -0.1) is 0 Å². The van der Waals surface area contributed by atoms with Gasteiger partial charge in [-0.05, 0) is 18.6 Å². The van der Waals surface area contributed by atoms with Crippen LogP contribution in [0.2, 0.25) is 0 Å². The number of benzene rings is 1. The Kier molecular flexibility index (Phi) is 3.00. The Morgan fingerprint density at radius 1 is 1.19 bits per heavy atom. The van der Waals surface area contributed by atoms with Crippen LogP contribution < -0.4 is 10.5 Å². The van der Waals surface area contributed by atoms with Crippen molar-refractivity contribution in [2.45, 2.75) is 13.3 Å². The summed E-state index contributed by atoms with van der Waals surface area (Å²) in [5.41, 5.74) is 6.59. The predicted molar refractivity (Wildman–Crippen MR) is 62.3 cm³/mol. The predicted octanol–water partition coefficient (Wildman–Crippen LogP) is 2.41. The van der Waals surface area contributed by atoms with Gasteiger partial charge in [0.2, 0.25) is 5.88 Å². The third-order valence-corrected chi connectivity index (χ3v) is 2.25. The lowest BCUT2D eigenvalue weighted by Crippen LogP contribution is -2.01. The molecule has 2 rings (SSSR count). The summed E-state index contributed by atoms with van der Waals surface area (Å²) in [4.78, 5) is 8.03. The van der Waals surface area contributed by atoms with E-state index in [-0.39, 0.29) is 0 Å². The number of hydrogen-bond acceptors (Lipinski definition) is 4. The Balaban J connectivity index is 2.31. The molecule has 4 nitrogen and oxygen atoms in total. The van der Waals surface area contributed by atoms with E-state index in [0.29, 0.717) is 11.7 Å². The van der Waals surface area contributed by atoms with E-state index in [1.165, 1.54) is 6.33 Å². The highest BCUT2D eigenvalue weighted by Gasteiger charge is 2.08. The summed E-state index contributed by atoms with van der Waals surface area (Å²) in [6.07, 6.45) is 2.15. The summed E-state index contributed by atoms with van der Waals surface area (Å²) in [6.45, 7) is 1.99. The molecule has 0 amide bonds. The first-order valence-corrected chi connectivity index (χ1v) is 5.13. The van der Waals surface area contributed by atoms with E-state index in [0.717, 1.165) is 17.7 Å². The van der Waals surface area contributed by atoms with Gasteiger partial charge in [0.1, 0.15) is 17.9 Å². The first kappa shape index (κ1) is 10.4. The number of nitrogens with two attached hydrogens (primary N) is 1. The van der Waals surface area contributed by atoms with E-state index in [1.807, 2.05) is 37.3 Å². The summed E-state index contributed by atoms with van der Waals surface area (Å²) in [5, 5.41) is 0. The standard InChI is InChI=1S/C12H13N3O/c1-2-10-11(13)14-8-15-12(10)16-9-6-4-3-5-7-9/h3-8H,2H2,1H3,(H2,13,14,15). The average molecular weight is 215 g/mol. The highest BCUT2D eigenvalue weighted by atomic mass is 16.5. The number of nitrogens with zero attached hydrogens (tertiary/aromatic N) is 2. The topological polar surface area (TPSA) is 61.0 Å². The highest BCUT2D eigenvalue weighted by molar-refractivity contribution is 5.45. The van der Waals surface area contributed by atoms with Crippen molar-refractivity contribution in [1.29, 1.82) is 0 Å². The Labute approximate surface area is 94.1 Å².